The van der Waals surface area contributed by atoms with Crippen LogP contribution in [0.4, 0.5) is 0 Å². The lowest BCUT2D eigenvalue weighted by atomic mass is 10.1. The van der Waals surface area contributed by atoms with Crippen LogP contribution in [0.1, 0.15) is 25.0 Å². The van der Waals surface area contributed by atoms with Crippen LogP contribution in [0.25, 0.3) is 0 Å². The predicted molar refractivity (Wildman–Crippen MR) is 57.0 cm³/mol. The van der Waals surface area contributed by atoms with Gasteiger partial charge in [-0.15, -0.1) is 11.8 Å². The Morgan fingerprint density at radius 1 is 1.25 bits per heavy atom. The van der Waals surface area contributed by atoms with Gasteiger partial charge in [-0.25, -0.2) is 0 Å². The Morgan fingerprint density at radius 2 is 2.00 bits per heavy atom. The molecule has 0 saturated carbocycles. The van der Waals surface area contributed by atoms with E-state index in [-0.39, 0.29) is 0 Å². The maximum atomic E-state index is 2.31. The molecule has 66 valence electrons. The normalized spacial score (nSPS) is 10.2. The van der Waals surface area contributed by atoms with E-state index in [1.165, 1.54) is 16.0 Å². The molecular weight excluding hydrogens is 164 g/mol. The van der Waals surface area contributed by atoms with E-state index in [9.17, 15) is 0 Å². The molecule has 1 aromatic rings. The molecule has 0 aromatic heterocycles. The summed E-state index contributed by atoms with van der Waals surface area (Å²) in [6, 6.07) is 6.75. The van der Waals surface area contributed by atoms with Crippen molar-refractivity contribution in [3.05, 3.63) is 29.3 Å². The molecule has 0 aliphatic carbocycles. The molecule has 1 heteroatoms. The van der Waals surface area contributed by atoms with Crippen LogP contribution in [0.3, 0.4) is 0 Å². The Kier molecular flexibility index (Phi) is 3.67. The molecule has 0 unspecified atom stereocenters. The van der Waals surface area contributed by atoms with Gasteiger partial charge in [0.25, 0.3) is 0 Å². The van der Waals surface area contributed by atoms with Gasteiger partial charge in [-0.05, 0) is 36.3 Å². The molecule has 0 nitrogen and oxygen atoms in total. The number of aryl methyl sites for hydroxylation is 2. The number of hydrogen-bond donors (Lipinski definition) is 0. The number of benzene rings is 1. The van der Waals surface area contributed by atoms with Gasteiger partial charge in [0.1, 0.15) is 0 Å². The second-order valence-corrected chi connectivity index (χ2v) is 4.19. The molecule has 0 aliphatic heterocycles. The third kappa shape index (κ3) is 2.28. The summed E-state index contributed by atoms with van der Waals surface area (Å²) in [5.74, 6) is 1.16. The molecule has 0 amide bonds. The third-order valence-electron chi connectivity index (χ3n) is 1.96. The zero-order valence-corrected chi connectivity index (χ0v) is 8.87. The fraction of sp³-hybridized carbons (Fsp3) is 0.455. The van der Waals surface area contributed by atoms with Gasteiger partial charge in [-0.1, -0.05) is 26.0 Å². The van der Waals surface area contributed by atoms with Crippen molar-refractivity contribution in [2.75, 3.05) is 5.75 Å². The quantitative estimate of drug-likeness (QED) is 0.640. The van der Waals surface area contributed by atoms with Crippen molar-refractivity contribution < 1.29 is 0 Å². The van der Waals surface area contributed by atoms with E-state index in [1.807, 2.05) is 11.8 Å². The fourth-order valence-electron chi connectivity index (χ4n) is 1.18. The molecule has 0 spiro atoms. The Morgan fingerprint density at radius 3 is 2.58 bits per heavy atom. The lowest BCUT2D eigenvalue weighted by Gasteiger charge is -2.05. The molecule has 1 rings (SSSR count). The van der Waals surface area contributed by atoms with Crippen molar-refractivity contribution in [2.45, 2.75) is 32.1 Å². The highest BCUT2D eigenvalue weighted by Gasteiger charge is 1.98. The molecule has 0 bridgehead atoms. The van der Waals surface area contributed by atoms with Crippen molar-refractivity contribution in [1.82, 2.24) is 0 Å². The van der Waals surface area contributed by atoms with Gasteiger partial charge < -0.3 is 0 Å². The topological polar surface area (TPSA) is 0 Å². The Labute approximate surface area is 79.4 Å². The smallest absolute Gasteiger partial charge is 0.0104 e. The molecule has 0 saturated heterocycles. The van der Waals surface area contributed by atoms with Crippen LogP contribution in [0.5, 0.6) is 0 Å². The molecule has 0 atom stereocenters. The first-order valence-electron chi connectivity index (χ1n) is 4.50. The van der Waals surface area contributed by atoms with Crippen LogP contribution in [-0.2, 0) is 6.42 Å². The van der Waals surface area contributed by atoms with Gasteiger partial charge in [0.05, 0.1) is 0 Å². The Hall–Kier alpha value is -0.430. The summed E-state index contributed by atoms with van der Waals surface area (Å²) < 4.78 is 0. The number of thioether (sulfide) groups is 1. The standard InChI is InChI=1S/C11H16S/c1-4-10-7-6-9(3)11(8-10)12-5-2/h6-8H,4-5H2,1-3H3. The van der Waals surface area contributed by atoms with E-state index >= 15 is 0 Å². The van der Waals surface area contributed by atoms with E-state index in [1.54, 1.807) is 0 Å². The minimum absolute atomic E-state index is 1.14. The number of hydrogen-bond acceptors (Lipinski definition) is 1. The minimum Gasteiger partial charge on any atom is -0.126 e. The second kappa shape index (κ2) is 4.56. The zero-order chi connectivity index (χ0) is 8.97. The zero-order valence-electron chi connectivity index (χ0n) is 8.05. The van der Waals surface area contributed by atoms with Gasteiger partial charge in [-0.3, -0.25) is 0 Å². The first-order chi connectivity index (χ1) is 5.77. The molecule has 0 heterocycles. The molecule has 0 radical (unpaired) electrons. The molecule has 0 aliphatic rings. The highest BCUT2D eigenvalue weighted by atomic mass is 32.2. The van der Waals surface area contributed by atoms with Crippen LogP contribution in [0.15, 0.2) is 23.1 Å². The van der Waals surface area contributed by atoms with Crippen LogP contribution in [0, 0.1) is 6.92 Å². The molecule has 12 heavy (non-hydrogen) atoms. The Bertz CT molecular complexity index is 253. The monoisotopic (exact) mass is 180 g/mol. The van der Waals surface area contributed by atoms with E-state index in [4.69, 9.17) is 0 Å². The Balaban J connectivity index is 2.91. The van der Waals surface area contributed by atoms with Crippen LogP contribution < -0.4 is 0 Å². The van der Waals surface area contributed by atoms with E-state index in [2.05, 4.69) is 39.0 Å². The van der Waals surface area contributed by atoms with Crippen molar-refractivity contribution in [3.63, 3.8) is 0 Å². The third-order valence-corrected chi connectivity index (χ3v) is 3.00. The number of rotatable bonds is 3. The summed E-state index contributed by atoms with van der Waals surface area (Å²) in [4.78, 5) is 1.44. The summed E-state index contributed by atoms with van der Waals surface area (Å²) in [7, 11) is 0. The predicted octanol–water partition coefficient (Wildman–Crippen LogP) is 3.67. The van der Waals surface area contributed by atoms with Crippen molar-refractivity contribution in [3.8, 4) is 0 Å². The van der Waals surface area contributed by atoms with Crippen LogP contribution in [-0.4, -0.2) is 5.75 Å². The van der Waals surface area contributed by atoms with Crippen molar-refractivity contribution in [1.29, 1.82) is 0 Å². The summed E-state index contributed by atoms with van der Waals surface area (Å²) in [6.45, 7) is 6.57. The van der Waals surface area contributed by atoms with Crippen LogP contribution >= 0.6 is 11.8 Å². The summed E-state index contributed by atoms with van der Waals surface area (Å²) >= 11 is 1.93. The van der Waals surface area contributed by atoms with E-state index in [0.717, 1.165) is 12.2 Å². The highest BCUT2D eigenvalue weighted by Crippen LogP contribution is 2.23. The van der Waals surface area contributed by atoms with Gasteiger partial charge >= 0.3 is 0 Å². The maximum Gasteiger partial charge on any atom is 0.0104 e. The SMILES string of the molecule is CCSc1cc(CC)ccc1C. The van der Waals surface area contributed by atoms with Gasteiger partial charge in [0.15, 0.2) is 0 Å². The van der Waals surface area contributed by atoms with E-state index in [0.29, 0.717) is 0 Å². The lowest BCUT2D eigenvalue weighted by Crippen LogP contribution is -1.85. The molecule has 0 fully saturated rings. The largest absolute Gasteiger partial charge is 0.126 e. The van der Waals surface area contributed by atoms with E-state index < -0.39 is 0 Å². The average Bonchev–Trinajstić information content (AvgIpc) is 2.09. The van der Waals surface area contributed by atoms with Crippen molar-refractivity contribution >= 4 is 11.8 Å². The molecular formula is C11H16S. The highest BCUT2D eigenvalue weighted by molar-refractivity contribution is 7.99. The average molecular weight is 180 g/mol. The van der Waals surface area contributed by atoms with Gasteiger partial charge in [0.2, 0.25) is 0 Å². The summed E-state index contributed by atoms with van der Waals surface area (Å²) in [5, 5.41) is 0. The minimum atomic E-state index is 1.14. The summed E-state index contributed by atoms with van der Waals surface area (Å²) in [5.41, 5.74) is 2.84. The molecule has 0 N–H and O–H groups in total. The second-order valence-electron chi connectivity index (χ2n) is 2.89. The van der Waals surface area contributed by atoms with Crippen LogP contribution in [0.2, 0.25) is 0 Å². The first-order valence-corrected chi connectivity index (χ1v) is 5.48. The lowest BCUT2D eigenvalue weighted by molar-refractivity contribution is 1.11. The van der Waals surface area contributed by atoms with Crippen molar-refractivity contribution in [2.24, 2.45) is 0 Å². The first kappa shape index (κ1) is 9.66. The van der Waals surface area contributed by atoms with Gasteiger partial charge in [-0.2, -0.15) is 0 Å². The summed E-state index contributed by atoms with van der Waals surface area (Å²) in [6.07, 6.45) is 1.14. The maximum absolute atomic E-state index is 2.31. The van der Waals surface area contributed by atoms with Gasteiger partial charge in [0, 0.05) is 4.90 Å². The fourth-order valence-corrected chi connectivity index (χ4v) is 2.02. The molecule has 1 aromatic carbocycles.